The molecule has 0 spiro atoms. The number of pyridine rings is 1. The lowest BCUT2D eigenvalue weighted by Gasteiger charge is -2.38. The second-order valence-corrected chi connectivity index (χ2v) is 4.57. The van der Waals surface area contributed by atoms with Gasteiger partial charge in [-0.25, -0.2) is 9.59 Å². The fourth-order valence-corrected chi connectivity index (χ4v) is 1.93. The number of carbonyl (C=O) groups excluding carboxylic acids is 1. The number of aromatic nitrogens is 1. The number of aryl methyl sites for hydroxylation is 1. The van der Waals surface area contributed by atoms with Crippen molar-refractivity contribution < 1.29 is 14.7 Å². The van der Waals surface area contributed by atoms with Crippen molar-refractivity contribution in [3.8, 4) is 0 Å². The number of nitrogens with zero attached hydrogens (tertiary/aromatic N) is 1. The fourth-order valence-electron chi connectivity index (χ4n) is 1.93. The first-order chi connectivity index (χ1) is 8.52. The molecule has 96 valence electrons. The van der Waals surface area contributed by atoms with Crippen LogP contribution in [-0.2, 0) is 4.79 Å². The highest BCUT2D eigenvalue weighted by Crippen LogP contribution is 2.32. The van der Waals surface area contributed by atoms with E-state index in [9.17, 15) is 9.59 Å². The standard InChI is InChI=1S/C12H15N3O3/c1-8-5-9(7-13-6-8)14-11(18)15-12(10(16)17)3-2-4-12/h5-7H,2-4H2,1H3,(H,16,17)(H2,14,15,18). The normalized spacial score (nSPS) is 16.5. The molecule has 1 saturated carbocycles. The smallest absolute Gasteiger partial charge is 0.329 e. The van der Waals surface area contributed by atoms with E-state index in [0.717, 1.165) is 12.0 Å². The van der Waals surface area contributed by atoms with Crippen molar-refractivity contribution in [2.24, 2.45) is 0 Å². The van der Waals surface area contributed by atoms with Gasteiger partial charge in [0, 0.05) is 6.20 Å². The van der Waals surface area contributed by atoms with Gasteiger partial charge in [-0.15, -0.1) is 0 Å². The summed E-state index contributed by atoms with van der Waals surface area (Å²) in [7, 11) is 0. The van der Waals surface area contributed by atoms with Crippen LogP contribution in [0.15, 0.2) is 18.5 Å². The van der Waals surface area contributed by atoms with Crippen LogP contribution in [0.1, 0.15) is 24.8 Å². The Labute approximate surface area is 104 Å². The predicted molar refractivity (Wildman–Crippen MR) is 65.3 cm³/mol. The number of hydrogen-bond acceptors (Lipinski definition) is 3. The molecule has 1 fully saturated rings. The van der Waals surface area contributed by atoms with E-state index in [1.54, 1.807) is 12.3 Å². The number of carboxylic acid groups (broad SMARTS) is 1. The van der Waals surface area contributed by atoms with Crippen LogP contribution >= 0.6 is 0 Å². The first-order valence-electron chi connectivity index (χ1n) is 5.76. The number of urea groups is 1. The number of carbonyl (C=O) groups is 2. The molecule has 2 rings (SSSR count). The summed E-state index contributed by atoms with van der Waals surface area (Å²) in [5.41, 5.74) is 0.373. The number of nitrogens with one attached hydrogen (secondary N) is 2. The molecule has 0 saturated heterocycles. The third-order valence-corrected chi connectivity index (χ3v) is 3.10. The highest BCUT2D eigenvalue weighted by atomic mass is 16.4. The molecule has 1 aromatic heterocycles. The van der Waals surface area contributed by atoms with Gasteiger partial charge in [-0.05, 0) is 37.8 Å². The van der Waals surface area contributed by atoms with Crippen LogP contribution in [0, 0.1) is 6.92 Å². The van der Waals surface area contributed by atoms with Gasteiger partial charge >= 0.3 is 12.0 Å². The number of rotatable bonds is 3. The van der Waals surface area contributed by atoms with E-state index in [-0.39, 0.29) is 0 Å². The number of aliphatic carboxylic acids is 1. The van der Waals surface area contributed by atoms with Crippen LogP contribution in [-0.4, -0.2) is 27.6 Å². The molecule has 3 N–H and O–H groups in total. The Morgan fingerprint density at radius 2 is 2.11 bits per heavy atom. The monoisotopic (exact) mass is 249 g/mol. The van der Waals surface area contributed by atoms with Gasteiger partial charge in [0.15, 0.2) is 0 Å². The van der Waals surface area contributed by atoms with Crippen LogP contribution in [0.5, 0.6) is 0 Å². The Morgan fingerprint density at radius 1 is 1.39 bits per heavy atom. The van der Waals surface area contributed by atoms with Gasteiger partial charge < -0.3 is 15.7 Å². The summed E-state index contributed by atoms with van der Waals surface area (Å²) in [4.78, 5) is 26.8. The zero-order valence-corrected chi connectivity index (χ0v) is 10.1. The van der Waals surface area contributed by atoms with Crippen LogP contribution in [0.2, 0.25) is 0 Å². The van der Waals surface area contributed by atoms with E-state index < -0.39 is 17.5 Å². The van der Waals surface area contributed by atoms with Crippen molar-refractivity contribution in [1.29, 1.82) is 0 Å². The largest absolute Gasteiger partial charge is 0.480 e. The average molecular weight is 249 g/mol. The van der Waals surface area contributed by atoms with Crippen LogP contribution in [0.25, 0.3) is 0 Å². The molecule has 0 unspecified atom stereocenters. The molecule has 0 bridgehead atoms. The first-order valence-corrected chi connectivity index (χ1v) is 5.76. The van der Waals surface area contributed by atoms with Gasteiger partial charge in [0.2, 0.25) is 0 Å². The van der Waals surface area contributed by atoms with Crippen LogP contribution in [0.4, 0.5) is 10.5 Å². The fraction of sp³-hybridized carbons (Fsp3) is 0.417. The third kappa shape index (κ3) is 2.42. The van der Waals surface area contributed by atoms with E-state index in [1.165, 1.54) is 6.20 Å². The topological polar surface area (TPSA) is 91.3 Å². The molecule has 2 amide bonds. The van der Waals surface area contributed by atoms with Crippen LogP contribution < -0.4 is 10.6 Å². The van der Waals surface area contributed by atoms with Crippen molar-refractivity contribution in [3.05, 3.63) is 24.0 Å². The van der Waals surface area contributed by atoms with Crippen molar-refractivity contribution in [2.75, 3.05) is 5.32 Å². The Morgan fingerprint density at radius 3 is 2.61 bits per heavy atom. The summed E-state index contributed by atoms with van der Waals surface area (Å²) in [5, 5.41) is 14.2. The third-order valence-electron chi connectivity index (χ3n) is 3.10. The molecule has 0 aliphatic heterocycles. The predicted octanol–water partition coefficient (Wildman–Crippen LogP) is 1.52. The summed E-state index contributed by atoms with van der Waals surface area (Å²) in [6.07, 6.45) is 4.96. The van der Waals surface area contributed by atoms with Gasteiger partial charge in [-0.3, -0.25) is 4.98 Å². The van der Waals surface area contributed by atoms with Gasteiger partial charge in [0.1, 0.15) is 5.54 Å². The number of amides is 2. The lowest BCUT2D eigenvalue weighted by Crippen LogP contribution is -2.60. The lowest BCUT2D eigenvalue weighted by molar-refractivity contribution is -0.148. The second-order valence-electron chi connectivity index (χ2n) is 4.57. The van der Waals surface area contributed by atoms with Gasteiger partial charge in [-0.1, -0.05) is 0 Å². The lowest BCUT2D eigenvalue weighted by atomic mass is 9.77. The SMILES string of the molecule is Cc1cncc(NC(=O)NC2(C(=O)O)CCC2)c1. The number of anilines is 1. The maximum Gasteiger partial charge on any atom is 0.329 e. The van der Waals surface area contributed by atoms with Gasteiger partial charge in [0.05, 0.1) is 11.9 Å². The van der Waals surface area contributed by atoms with Crippen molar-refractivity contribution in [3.63, 3.8) is 0 Å². The first kappa shape index (κ1) is 12.3. The molecular formula is C12H15N3O3. The Bertz CT molecular complexity index is 483. The minimum absolute atomic E-state index is 0.474. The van der Waals surface area contributed by atoms with Crippen molar-refractivity contribution >= 4 is 17.7 Å². The average Bonchev–Trinajstić information content (AvgIpc) is 2.23. The van der Waals surface area contributed by atoms with Gasteiger partial charge in [0.25, 0.3) is 0 Å². The molecule has 6 heteroatoms. The minimum atomic E-state index is -1.10. The molecule has 1 aliphatic rings. The van der Waals surface area contributed by atoms with E-state index in [2.05, 4.69) is 15.6 Å². The summed E-state index contributed by atoms with van der Waals surface area (Å²) < 4.78 is 0. The summed E-state index contributed by atoms with van der Waals surface area (Å²) in [5.74, 6) is -0.980. The number of hydrogen-bond donors (Lipinski definition) is 3. The molecule has 1 heterocycles. The van der Waals surface area contributed by atoms with Crippen LogP contribution in [0.3, 0.4) is 0 Å². The quantitative estimate of drug-likeness (QED) is 0.757. The van der Waals surface area contributed by atoms with Crippen molar-refractivity contribution in [1.82, 2.24) is 10.3 Å². The molecule has 18 heavy (non-hydrogen) atoms. The van der Waals surface area contributed by atoms with Gasteiger partial charge in [-0.2, -0.15) is 0 Å². The number of carboxylic acids is 1. The molecule has 0 atom stereocenters. The van der Waals surface area contributed by atoms with E-state index in [1.807, 2.05) is 6.92 Å². The molecule has 0 aromatic carbocycles. The Kier molecular flexibility index (Phi) is 3.18. The maximum atomic E-state index is 11.7. The minimum Gasteiger partial charge on any atom is -0.480 e. The van der Waals surface area contributed by atoms with E-state index in [4.69, 9.17) is 5.11 Å². The molecular weight excluding hydrogens is 234 g/mol. The van der Waals surface area contributed by atoms with E-state index in [0.29, 0.717) is 18.5 Å². The molecule has 6 nitrogen and oxygen atoms in total. The summed E-state index contributed by atoms with van der Waals surface area (Å²) >= 11 is 0. The second kappa shape index (κ2) is 4.64. The highest BCUT2D eigenvalue weighted by Gasteiger charge is 2.45. The Hall–Kier alpha value is -2.11. The molecule has 1 aliphatic carbocycles. The maximum absolute atomic E-state index is 11.7. The molecule has 0 radical (unpaired) electrons. The zero-order valence-electron chi connectivity index (χ0n) is 10.1. The Balaban J connectivity index is 1.99. The summed E-state index contributed by atoms with van der Waals surface area (Å²) in [6.45, 7) is 1.86. The molecule has 1 aromatic rings. The highest BCUT2D eigenvalue weighted by molar-refractivity contribution is 5.94. The van der Waals surface area contributed by atoms with Crippen molar-refractivity contribution in [2.45, 2.75) is 31.7 Å². The van der Waals surface area contributed by atoms with E-state index >= 15 is 0 Å². The zero-order chi connectivity index (χ0) is 13.2. The summed E-state index contributed by atoms with van der Waals surface area (Å²) in [6, 6.07) is 1.25.